The van der Waals surface area contributed by atoms with Crippen LogP contribution in [0.1, 0.15) is 43.2 Å². The van der Waals surface area contributed by atoms with Crippen LogP contribution in [0.3, 0.4) is 0 Å². The molecule has 0 bridgehead atoms. The van der Waals surface area contributed by atoms with E-state index in [2.05, 4.69) is 0 Å². The van der Waals surface area contributed by atoms with Crippen molar-refractivity contribution in [2.45, 2.75) is 50.3 Å². The van der Waals surface area contributed by atoms with Crippen LogP contribution in [0.25, 0.3) is 0 Å². The number of carbonyl (C=O) groups is 1. The van der Waals surface area contributed by atoms with Gasteiger partial charge in [0.25, 0.3) is 0 Å². The van der Waals surface area contributed by atoms with Crippen LogP contribution in [-0.4, -0.2) is 38.8 Å². The second kappa shape index (κ2) is 10.1. The number of piperidine rings is 1. The predicted octanol–water partition coefficient (Wildman–Crippen LogP) is 5.02. The Kier molecular flexibility index (Phi) is 7.53. The van der Waals surface area contributed by atoms with Gasteiger partial charge in [0.15, 0.2) is 9.84 Å². The van der Waals surface area contributed by atoms with E-state index in [-0.39, 0.29) is 6.09 Å². The number of nitrogens with zero attached hydrogens (tertiary/aromatic N) is 1. The fraction of sp³-hybridized carbons (Fsp3) is 0.458. The molecule has 30 heavy (non-hydrogen) atoms. The number of unbranched alkanes of at least 4 members (excludes halogenated alkanes) is 1. The van der Waals surface area contributed by atoms with Crippen LogP contribution in [0.4, 0.5) is 4.79 Å². The van der Waals surface area contributed by atoms with Gasteiger partial charge in [0, 0.05) is 19.3 Å². The zero-order chi connectivity index (χ0) is 21.6. The third kappa shape index (κ3) is 6.59. The third-order valence-corrected chi connectivity index (χ3v) is 6.91. The normalized spacial score (nSPS) is 15.2. The van der Waals surface area contributed by atoms with Crippen molar-refractivity contribution < 1.29 is 17.9 Å². The van der Waals surface area contributed by atoms with E-state index in [9.17, 15) is 13.2 Å². The quantitative estimate of drug-likeness (QED) is 0.580. The van der Waals surface area contributed by atoms with E-state index in [1.54, 1.807) is 17.0 Å². The maximum absolute atomic E-state index is 12.3. The highest BCUT2D eigenvalue weighted by atomic mass is 32.2. The molecule has 0 radical (unpaired) electrons. The molecule has 0 aliphatic carbocycles. The summed E-state index contributed by atoms with van der Waals surface area (Å²) in [4.78, 5) is 14.5. The SMILES string of the molecule is Cc1ccc(OC(=O)N2CCC(CCCCc3ccc(S(C)(=O)=O)cc3)CC2)cc1. The molecule has 162 valence electrons. The molecular formula is C24H31NO4S. The number of likely N-dealkylation sites (tertiary alicyclic amines) is 1. The van der Waals surface area contributed by atoms with Gasteiger partial charge in [0.05, 0.1) is 4.90 Å². The average Bonchev–Trinajstić information content (AvgIpc) is 2.73. The van der Waals surface area contributed by atoms with Crippen molar-refractivity contribution in [1.82, 2.24) is 4.90 Å². The standard InChI is InChI=1S/C24H31NO4S/c1-19-7-11-22(12-8-19)29-24(26)25-17-15-21(16-18-25)6-4-3-5-20-9-13-23(14-10-20)30(2,27)28/h7-14,21H,3-6,15-18H2,1-2H3. The first-order valence-electron chi connectivity index (χ1n) is 10.6. The van der Waals surface area contributed by atoms with Crippen molar-refractivity contribution in [3.05, 3.63) is 59.7 Å². The van der Waals surface area contributed by atoms with E-state index in [0.717, 1.165) is 50.8 Å². The smallest absolute Gasteiger partial charge is 0.410 e. The Morgan fingerprint density at radius 3 is 2.23 bits per heavy atom. The molecule has 1 amide bonds. The maximum Gasteiger partial charge on any atom is 0.415 e. The minimum atomic E-state index is -3.13. The van der Waals surface area contributed by atoms with Crippen molar-refractivity contribution in [3.8, 4) is 5.75 Å². The number of rotatable bonds is 7. The summed E-state index contributed by atoms with van der Waals surface area (Å²) in [5.74, 6) is 1.25. The molecule has 0 unspecified atom stereocenters. The molecule has 0 atom stereocenters. The Bertz CT molecular complexity index is 928. The lowest BCUT2D eigenvalue weighted by atomic mass is 9.91. The molecule has 0 N–H and O–H groups in total. The highest BCUT2D eigenvalue weighted by molar-refractivity contribution is 7.90. The first-order valence-corrected chi connectivity index (χ1v) is 12.5. The van der Waals surface area contributed by atoms with Crippen LogP contribution < -0.4 is 4.74 Å². The van der Waals surface area contributed by atoms with Crippen LogP contribution in [0.5, 0.6) is 5.75 Å². The summed E-state index contributed by atoms with van der Waals surface area (Å²) in [5.41, 5.74) is 2.32. The topological polar surface area (TPSA) is 63.7 Å². The largest absolute Gasteiger partial charge is 0.415 e. The summed E-state index contributed by atoms with van der Waals surface area (Å²) in [6.07, 6.45) is 7.39. The average molecular weight is 430 g/mol. The Hall–Kier alpha value is -2.34. The van der Waals surface area contributed by atoms with Gasteiger partial charge in [-0.25, -0.2) is 13.2 Å². The summed E-state index contributed by atoms with van der Waals surface area (Å²) < 4.78 is 28.5. The van der Waals surface area contributed by atoms with E-state index in [4.69, 9.17) is 4.74 Å². The van der Waals surface area contributed by atoms with E-state index in [0.29, 0.717) is 16.6 Å². The molecule has 6 heteroatoms. The van der Waals surface area contributed by atoms with Crippen molar-refractivity contribution in [2.75, 3.05) is 19.3 Å². The van der Waals surface area contributed by atoms with Gasteiger partial charge in [-0.05, 0) is 68.4 Å². The molecule has 0 spiro atoms. The van der Waals surface area contributed by atoms with Gasteiger partial charge in [0.1, 0.15) is 5.75 Å². The van der Waals surface area contributed by atoms with E-state index in [1.807, 2.05) is 43.3 Å². The number of hydrogen-bond acceptors (Lipinski definition) is 4. The molecule has 1 heterocycles. The Balaban J connectivity index is 1.34. The summed E-state index contributed by atoms with van der Waals surface area (Å²) in [6, 6.07) is 14.7. The second-order valence-corrected chi connectivity index (χ2v) is 10.3. The first kappa shape index (κ1) is 22.3. The summed E-state index contributed by atoms with van der Waals surface area (Å²) in [7, 11) is -3.13. The van der Waals surface area contributed by atoms with Gasteiger partial charge in [-0.15, -0.1) is 0 Å². The minimum Gasteiger partial charge on any atom is -0.410 e. The number of carbonyl (C=O) groups excluding carboxylic acids is 1. The molecule has 1 aliphatic rings. The number of hydrogen-bond donors (Lipinski definition) is 0. The number of amides is 1. The second-order valence-electron chi connectivity index (χ2n) is 8.27. The highest BCUT2D eigenvalue weighted by Gasteiger charge is 2.23. The molecule has 1 fully saturated rings. The van der Waals surface area contributed by atoms with Gasteiger partial charge in [-0.1, -0.05) is 42.7 Å². The van der Waals surface area contributed by atoms with Crippen LogP contribution in [0, 0.1) is 12.8 Å². The fourth-order valence-corrected chi connectivity index (χ4v) is 4.47. The Morgan fingerprint density at radius 1 is 1.00 bits per heavy atom. The third-order valence-electron chi connectivity index (χ3n) is 5.78. The lowest BCUT2D eigenvalue weighted by molar-refractivity contribution is 0.129. The Morgan fingerprint density at radius 2 is 1.63 bits per heavy atom. The predicted molar refractivity (Wildman–Crippen MR) is 119 cm³/mol. The van der Waals surface area contributed by atoms with Gasteiger partial charge in [0.2, 0.25) is 0 Å². The van der Waals surface area contributed by atoms with Crippen LogP contribution in [0.15, 0.2) is 53.4 Å². The van der Waals surface area contributed by atoms with Gasteiger partial charge >= 0.3 is 6.09 Å². The van der Waals surface area contributed by atoms with Crippen molar-refractivity contribution in [2.24, 2.45) is 5.92 Å². The summed E-state index contributed by atoms with van der Waals surface area (Å²) in [5, 5.41) is 0. The van der Waals surface area contributed by atoms with E-state index < -0.39 is 9.84 Å². The molecule has 2 aromatic rings. The van der Waals surface area contributed by atoms with Crippen LogP contribution in [-0.2, 0) is 16.3 Å². The Labute approximate surface area is 180 Å². The van der Waals surface area contributed by atoms with Gasteiger partial charge in [-0.3, -0.25) is 0 Å². The molecule has 0 saturated carbocycles. The number of ether oxygens (including phenoxy) is 1. The fourth-order valence-electron chi connectivity index (χ4n) is 3.84. The monoisotopic (exact) mass is 429 g/mol. The van der Waals surface area contributed by atoms with Crippen LogP contribution >= 0.6 is 0 Å². The molecule has 2 aromatic carbocycles. The van der Waals surface area contributed by atoms with Crippen molar-refractivity contribution in [3.63, 3.8) is 0 Å². The lowest BCUT2D eigenvalue weighted by Crippen LogP contribution is -2.40. The number of benzene rings is 2. The first-order chi connectivity index (χ1) is 14.3. The molecule has 5 nitrogen and oxygen atoms in total. The van der Waals surface area contributed by atoms with Gasteiger partial charge < -0.3 is 9.64 Å². The van der Waals surface area contributed by atoms with Crippen molar-refractivity contribution in [1.29, 1.82) is 0 Å². The van der Waals surface area contributed by atoms with Crippen molar-refractivity contribution >= 4 is 15.9 Å². The van der Waals surface area contributed by atoms with E-state index in [1.165, 1.54) is 18.2 Å². The van der Waals surface area contributed by atoms with Crippen LogP contribution in [0.2, 0.25) is 0 Å². The highest BCUT2D eigenvalue weighted by Crippen LogP contribution is 2.24. The van der Waals surface area contributed by atoms with Gasteiger partial charge in [-0.2, -0.15) is 0 Å². The zero-order valence-corrected chi connectivity index (χ0v) is 18.7. The maximum atomic E-state index is 12.3. The summed E-state index contributed by atoms with van der Waals surface area (Å²) in [6.45, 7) is 3.51. The molecule has 1 saturated heterocycles. The lowest BCUT2D eigenvalue weighted by Gasteiger charge is -2.31. The number of aryl methyl sites for hydroxylation is 2. The molecule has 3 rings (SSSR count). The molecule has 1 aliphatic heterocycles. The van der Waals surface area contributed by atoms with E-state index >= 15 is 0 Å². The number of sulfone groups is 1. The molecule has 0 aromatic heterocycles. The summed E-state index contributed by atoms with van der Waals surface area (Å²) >= 11 is 0. The molecular weight excluding hydrogens is 398 g/mol. The zero-order valence-electron chi connectivity index (χ0n) is 17.8. The minimum absolute atomic E-state index is 0.255.